The maximum absolute atomic E-state index is 11.2. The molecule has 1 aliphatic rings. The Hall–Kier alpha value is -1.91. The summed E-state index contributed by atoms with van der Waals surface area (Å²) in [7, 11) is 0. The van der Waals surface area contributed by atoms with Gasteiger partial charge in [-0.1, -0.05) is 0 Å². The van der Waals surface area contributed by atoms with Crippen LogP contribution in [0.2, 0.25) is 0 Å². The Kier molecular flexibility index (Phi) is 2.38. The van der Waals surface area contributed by atoms with Crippen LogP contribution in [0.4, 0.5) is 5.82 Å². The molecule has 5 heteroatoms. The molecular weight excluding hydrogens is 208 g/mol. The summed E-state index contributed by atoms with van der Waals surface area (Å²) in [5.74, 6) is 0.578. The summed E-state index contributed by atoms with van der Waals surface area (Å²) in [6.07, 6.45) is 0.294. The number of amides is 1. The summed E-state index contributed by atoms with van der Waals surface area (Å²) in [5.41, 5.74) is 2.22. The third kappa shape index (κ3) is 1.64. The Morgan fingerprint density at radius 1 is 1.44 bits per heavy atom. The zero-order valence-electron chi connectivity index (χ0n) is 9.38. The number of aromatic nitrogens is 1. The molecule has 16 heavy (non-hydrogen) atoms. The quantitative estimate of drug-likeness (QED) is 0.720. The molecule has 2 heterocycles. The van der Waals surface area contributed by atoms with Crippen molar-refractivity contribution in [2.75, 3.05) is 5.32 Å². The minimum absolute atomic E-state index is 0.0787. The molecule has 0 unspecified atom stereocenters. The van der Waals surface area contributed by atoms with Gasteiger partial charge in [0, 0.05) is 18.1 Å². The lowest BCUT2D eigenvalue weighted by Crippen LogP contribution is -2.07. The number of nitrogens with one attached hydrogen (secondary N) is 1. The van der Waals surface area contributed by atoms with Gasteiger partial charge < -0.3 is 10.1 Å². The lowest BCUT2D eigenvalue weighted by atomic mass is 10.1. The molecule has 0 aliphatic carbocycles. The number of hydrogen-bond donors (Lipinski definition) is 1. The molecule has 0 bridgehead atoms. The summed E-state index contributed by atoms with van der Waals surface area (Å²) in [5, 5.41) is 2.67. The highest BCUT2D eigenvalue weighted by Gasteiger charge is 2.25. The van der Waals surface area contributed by atoms with E-state index < -0.39 is 0 Å². The smallest absolute Gasteiger partial charge is 0.308 e. The van der Waals surface area contributed by atoms with E-state index in [4.69, 9.17) is 4.74 Å². The predicted octanol–water partition coefficient (Wildman–Crippen LogP) is 1.12. The van der Waals surface area contributed by atoms with Crippen molar-refractivity contribution in [2.24, 2.45) is 0 Å². The molecule has 0 fully saturated rings. The summed E-state index contributed by atoms with van der Waals surface area (Å²) in [4.78, 5) is 26.4. The van der Waals surface area contributed by atoms with Crippen molar-refractivity contribution in [3.63, 3.8) is 0 Å². The van der Waals surface area contributed by atoms with Gasteiger partial charge in [-0.3, -0.25) is 9.59 Å². The highest BCUT2D eigenvalue weighted by molar-refractivity contribution is 5.98. The van der Waals surface area contributed by atoms with Crippen molar-refractivity contribution in [1.82, 2.24) is 4.98 Å². The van der Waals surface area contributed by atoms with E-state index in [1.54, 1.807) is 6.92 Å². The predicted molar refractivity (Wildman–Crippen MR) is 57.4 cm³/mol. The Bertz CT molecular complexity index is 494. The Balaban J connectivity index is 2.53. The molecule has 84 valence electrons. The van der Waals surface area contributed by atoms with E-state index in [-0.39, 0.29) is 11.9 Å². The van der Waals surface area contributed by atoms with Gasteiger partial charge in [0.2, 0.25) is 5.91 Å². The number of aryl methyl sites for hydroxylation is 1. The number of rotatable bonds is 1. The van der Waals surface area contributed by atoms with Crippen LogP contribution >= 0.6 is 0 Å². The second-order valence-electron chi connectivity index (χ2n) is 3.80. The molecule has 2 rings (SSSR count). The third-order valence-corrected chi connectivity index (χ3v) is 2.53. The number of carbonyl (C=O) groups is 2. The third-order valence-electron chi connectivity index (χ3n) is 2.53. The van der Waals surface area contributed by atoms with Gasteiger partial charge in [-0.05, 0) is 13.8 Å². The average Bonchev–Trinajstić information content (AvgIpc) is 2.53. The first kappa shape index (κ1) is 10.6. The maximum atomic E-state index is 11.2. The molecule has 1 N–H and O–H groups in total. The second kappa shape index (κ2) is 3.59. The van der Waals surface area contributed by atoms with E-state index in [0.29, 0.717) is 23.7 Å². The fraction of sp³-hybridized carbons (Fsp3) is 0.364. The van der Waals surface area contributed by atoms with Crippen LogP contribution < -0.4 is 10.1 Å². The molecular formula is C11H12N2O3. The average molecular weight is 220 g/mol. The van der Waals surface area contributed by atoms with E-state index in [0.717, 1.165) is 11.1 Å². The Morgan fingerprint density at radius 2 is 2.12 bits per heavy atom. The van der Waals surface area contributed by atoms with Crippen LogP contribution in [0.15, 0.2) is 0 Å². The Labute approximate surface area is 92.8 Å². The first-order chi connectivity index (χ1) is 7.49. The SMILES string of the molecule is CC(=O)Oc1c(C)nc2c(c1C)CC(=O)N2. The van der Waals surface area contributed by atoms with Gasteiger partial charge in [-0.15, -0.1) is 0 Å². The second-order valence-corrected chi connectivity index (χ2v) is 3.80. The van der Waals surface area contributed by atoms with Crippen molar-refractivity contribution < 1.29 is 14.3 Å². The van der Waals surface area contributed by atoms with Crippen LogP contribution in [0.1, 0.15) is 23.7 Å². The summed E-state index contributed by atoms with van der Waals surface area (Å²) >= 11 is 0. The van der Waals surface area contributed by atoms with Gasteiger partial charge >= 0.3 is 5.97 Å². The first-order valence-corrected chi connectivity index (χ1v) is 4.97. The van der Waals surface area contributed by atoms with Crippen molar-refractivity contribution in [1.29, 1.82) is 0 Å². The summed E-state index contributed by atoms with van der Waals surface area (Å²) in [6.45, 7) is 4.91. The van der Waals surface area contributed by atoms with Crippen LogP contribution in [-0.4, -0.2) is 16.9 Å². The standard InChI is InChI=1S/C11H12N2O3/c1-5-8-4-9(15)13-11(8)12-6(2)10(5)16-7(3)14/h4H2,1-3H3,(H,12,13,15). The van der Waals surface area contributed by atoms with Gasteiger partial charge in [0.15, 0.2) is 5.75 Å². The van der Waals surface area contributed by atoms with E-state index >= 15 is 0 Å². The van der Waals surface area contributed by atoms with Gasteiger partial charge in [-0.25, -0.2) is 4.98 Å². The molecule has 1 aromatic rings. The highest BCUT2D eigenvalue weighted by atomic mass is 16.5. The van der Waals surface area contributed by atoms with Crippen molar-refractivity contribution in [2.45, 2.75) is 27.2 Å². The van der Waals surface area contributed by atoms with Crippen LogP contribution in [-0.2, 0) is 16.0 Å². The molecule has 0 spiro atoms. The van der Waals surface area contributed by atoms with Gasteiger partial charge in [0.1, 0.15) is 5.82 Å². The zero-order chi connectivity index (χ0) is 11.9. The molecule has 1 aromatic heterocycles. The lowest BCUT2D eigenvalue weighted by molar-refractivity contribution is -0.132. The van der Waals surface area contributed by atoms with E-state index in [1.165, 1.54) is 6.92 Å². The number of pyridine rings is 1. The van der Waals surface area contributed by atoms with Crippen molar-refractivity contribution in [3.8, 4) is 5.75 Å². The fourth-order valence-corrected chi connectivity index (χ4v) is 1.82. The normalized spacial score (nSPS) is 13.3. The van der Waals surface area contributed by atoms with Crippen LogP contribution in [0.25, 0.3) is 0 Å². The molecule has 0 radical (unpaired) electrons. The molecule has 0 aromatic carbocycles. The number of fused-ring (bicyclic) bond motifs is 1. The molecule has 0 saturated carbocycles. The monoisotopic (exact) mass is 220 g/mol. The van der Waals surface area contributed by atoms with Crippen LogP contribution in [0.3, 0.4) is 0 Å². The number of anilines is 1. The van der Waals surface area contributed by atoms with E-state index in [2.05, 4.69) is 10.3 Å². The summed E-state index contributed by atoms with van der Waals surface area (Å²) in [6, 6.07) is 0. The molecule has 1 amide bonds. The van der Waals surface area contributed by atoms with Crippen molar-refractivity contribution in [3.05, 3.63) is 16.8 Å². The van der Waals surface area contributed by atoms with Gasteiger partial charge in [-0.2, -0.15) is 0 Å². The number of hydrogen-bond acceptors (Lipinski definition) is 4. The number of ether oxygens (including phenoxy) is 1. The molecule has 1 aliphatic heterocycles. The Morgan fingerprint density at radius 3 is 2.75 bits per heavy atom. The molecule has 0 saturated heterocycles. The minimum Gasteiger partial charge on any atom is -0.424 e. The largest absolute Gasteiger partial charge is 0.424 e. The van der Waals surface area contributed by atoms with Crippen LogP contribution in [0, 0.1) is 13.8 Å². The highest BCUT2D eigenvalue weighted by Crippen LogP contribution is 2.32. The topological polar surface area (TPSA) is 68.3 Å². The van der Waals surface area contributed by atoms with Crippen LogP contribution in [0.5, 0.6) is 5.75 Å². The lowest BCUT2D eigenvalue weighted by Gasteiger charge is -2.11. The molecule has 0 atom stereocenters. The van der Waals surface area contributed by atoms with E-state index in [9.17, 15) is 9.59 Å². The van der Waals surface area contributed by atoms with Gasteiger partial charge in [0.25, 0.3) is 0 Å². The first-order valence-electron chi connectivity index (χ1n) is 4.97. The zero-order valence-corrected chi connectivity index (χ0v) is 9.38. The maximum Gasteiger partial charge on any atom is 0.308 e. The number of esters is 1. The fourth-order valence-electron chi connectivity index (χ4n) is 1.82. The van der Waals surface area contributed by atoms with Crippen molar-refractivity contribution >= 4 is 17.7 Å². The number of carbonyl (C=O) groups excluding carboxylic acids is 2. The minimum atomic E-state index is -0.384. The van der Waals surface area contributed by atoms with Gasteiger partial charge in [0.05, 0.1) is 12.1 Å². The number of nitrogens with zero attached hydrogens (tertiary/aromatic N) is 1. The van der Waals surface area contributed by atoms with E-state index in [1.807, 2.05) is 6.92 Å². The summed E-state index contributed by atoms with van der Waals surface area (Å²) < 4.78 is 5.10. The molecule has 5 nitrogen and oxygen atoms in total.